The van der Waals surface area contributed by atoms with Gasteiger partial charge in [-0.2, -0.15) is 0 Å². The van der Waals surface area contributed by atoms with Crippen LogP contribution in [0.2, 0.25) is 10.0 Å². The summed E-state index contributed by atoms with van der Waals surface area (Å²) in [5.41, 5.74) is 0.128. The maximum absolute atomic E-state index is 12.3. The van der Waals surface area contributed by atoms with Crippen LogP contribution in [0, 0.1) is 0 Å². The zero-order valence-corrected chi connectivity index (χ0v) is 16.3. The minimum atomic E-state index is -3.65. The first kappa shape index (κ1) is 19.7. The second kappa shape index (κ2) is 7.33. The molecular formula is C17H18Cl2N2O3S. The second-order valence-corrected chi connectivity index (χ2v) is 8.98. The molecular weight excluding hydrogens is 383 g/mol. The van der Waals surface area contributed by atoms with E-state index in [0.29, 0.717) is 21.3 Å². The summed E-state index contributed by atoms with van der Waals surface area (Å²) in [7, 11) is -3.65. The van der Waals surface area contributed by atoms with Crippen LogP contribution in [0.3, 0.4) is 0 Å². The molecule has 2 aromatic carbocycles. The maximum Gasteiger partial charge on any atom is 0.255 e. The van der Waals surface area contributed by atoms with Gasteiger partial charge in [-0.25, -0.2) is 13.1 Å². The first-order chi connectivity index (χ1) is 11.5. The average molecular weight is 401 g/mol. The zero-order chi connectivity index (χ0) is 18.8. The van der Waals surface area contributed by atoms with Crippen LogP contribution >= 0.6 is 23.2 Å². The predicted molar refractivity (Wildman–Crippen MR) is 101 cm³/mol. The van der Waals surface area contributed by atoms with Crippen molar-refractivity contribution in [1.82, 2.24) is 4.72 Å². The number of hydrogen-bond acceptors (Lipinski definition) is 3. The molecule has 0 aliphatic rings. The fourth-order valence-electron chi connectivity index (χ4n) is 2.03. The van der Waals surface area contributed by atoms with E-state index in [2.05, 4.69) is 10.0 Å². The summed E-state index contributed by atoms with van der Waals surface area (Å²) in [5, 5.41) is 3.43. The Morgan fingerprint density at radius 2 is 1.60 bits per heavy atom. The van der Waals surface area contributed by atoms with Gasteiger partial charge in [0.05, 0.1) is 15.6 Å². The van der Waals surface area contributed by atoms with Crippen molar-refractivity contribution in [3.63, 3.8) is 0 Å². The lowest BCUT2D eigenvalue weighted by molar-refractivity contribution is 0.102. The molecule has 0 radical (unpaired) electrons. The van der Waals surface area contributed by atoms with Gasteiger partial charge in [-0.3, -0.25) is 4.79 Å². The van der Waals surface area contributed by atoms with E-state index < -0.39 is 21.5 Å². The fourth-order valence-corrected chi connectivity index (χ4v) is 3.91. The molecule has 2 aromatic rings. The molecule has 5 nitrogen and oxygen atoms in total. The number of hydrogen-bond donors (Lipinski definition) is 2. The summed E-state index contributed by atoms with van der Waals surface area (Å²) in [5.74, 6) is -0.406. The number of rotatable bonds is 4. The van der Waals surface area contributed by atoms with Gasteiger partial charge in [0.2, 0.25) is 10.0 Å². The van der Waals surface area contributed by atoms with Crippen molar-refractivity contribution >= 4 is 44.8 Å². The monoisotopic (exact) mass is 400 g/mol. The third kappa shape index (κ3) is 5.44. The Labute approximate surface area is 157 Å². The van der Waals surface area contributed by atoms with Crippen molar-refractivity contribution in [2.24, 2.45) is 0 Å². The second-order valence-electron chi connectivity index (χ2n) is 6.46. The molecule has 0 saturated carbocycles. The Kier molecular flexibility index (Phi) is 5.79. The number of anilines is 1. The minimum absolute atomic E-state index is 0.0866. The molecule has 0 fully saturated rings. The van der Waals surface area contributed by atoms with Crippen molar-refractivity contribution in [1.29, 1.82) is 0 Å². The van der Waals surface area contributed by atoms with Crippen molar-refractivity contribution < 1.29 is 13.2 Å². The normalized spacial score (nSPS) is 12.0. The van der Waals surface area contributed by atoms with E-state index in [1.165, 1.54) is 30.3 Å². The van der Waals surface area contributed by atoms with E-state index in [0.717, 1.165) is 0 Å². The van der Waals surface area contributed by atoms with Crippen LogP contribution in [-0.2, 0) is 10.0 Å². The van der Waals surface area contributed by atoms with E-state index in [4.69, 9.17) is 23.2 Å². The molecule has 134 valence electrons. The first-order valence-electron chi connectivity index (χ1n) is 7.38. The average Bonchev–Trinajstić information content (AvgIpc) is 2.48. The van der Waals surface area contributed by atoms with Gasteiger partial charge in [0.25, 0.3) is 5.91 Å². The molecule has 0 aliphatic heterocycles. The first-order valence-corrected chi connectivity index (χ1v) is 9.62. The highest BCUT2D eigenvalue weighted by Gasteiger charge is 2.22. The maximum atomic E-state index is 12.3. The van der Waals surface area contributed by atoms with Crippen LogP contribution in [0.1, 0.15) is 31.1 Å². The van der Waals surface area contributed by atoms with Gasteiger partial charge in [0.15, 0.2) is 0 Å². The topological polar surface area (TPSA) is 75.3 Å². The van der Waals surface area contributed by atoms with Gasteiger partial charge in [-0.1, -0.05) is 23.2 Å². The standard InChI is InChI=1S/C17H18Cl2N2O3S/c1-17(2,3)21-25(23,24)13-7-4-11(5-8-13)16(22)20-15-9-6-12(18)10-14(15)19/h4-10,21H,1-3H3,(H,20,22). The summed E-state index contributed by atoms with van der Waals surface area (Å²) in [6, 6.07) is 10.4. The van der Waals surface area contributed by atoms with Gasteiger partial charge in [-0.15, -0.1) is 0 Å². The summed E-state index contributed by atoms with van der Waals surface area (Å²) in [6.07, 6.45) is 0. The van der Waals surface area contributed by atoms with Crippen LogP contribution in [0.4, 0.5) is 5.69 Å². The van der Waals surface area contributed by atoms with E-state index in [9.17, 15) is 13.2 Å². The zero-order valence-electron chi connectivity index (χ0n) is 13.9. The third-order valence-electron chi connectivity index (χ3n) is 3.05. The Bertz CT molecular complexity index is 889. The lowest BCUT2D eigenvalue weighted by atomic mass is 10.1. The summed E-state index contributed by atoms with van der Waals surface area (Å²) < 4.78 is 27.1. The number of carbonyl (C=O) groups is 1. The highest BCUT2D eigenvalue weighted by Crippen LogP contribution is 2.26. The SMILES string of the molecule is CC(C)(C)NS(=O)(=O)c1ccc(C(=O)Nc2ccc(Cl)cc2Cl)cc1. The number of sulfonamides is 1. The summed E-state index contributed by atoms with van der Waals surface area (Å²) >= 11 is 11.8. The Morgan fingerprint density at radius 3 is 2.12 bits per heavy atom. The lowest BCUT2D eigenvalue weighted by Gasteiger charge is -2.20. The quantitative estimate of drug-likeness (QED) is 0.801. The number of nitrogens with one attached hydrogen (secondary N) is 2. The minimum Gasteiger partial charge on any atom is -0.321 e. The van der Waals surface area contributed by atoms with Crippen LogP contribution < -0.4 is 10.0 Å². The number of amides is 1. The molecule has 0 heterocycles. The highest BCUT2D eigenvalue weighted by molar-refractivity contribution is 7.89. The third-order valence-corrected chi connectivity index (χ3v) is 5.37. The fraction of sp³-hybridized carbons (Fsp3) is 0.235. The molecule has 0 atom stereocenters. The van der Waals surface area contributed by atoms with Crippen LogP contribution in [0.25, 0.3) is 0 Å². The lowest BCUT2D eigenvalue weighted by Crippen LogP contribution is -2.40. The number of benzene rings is 2. The Hall–Kier alpha value is -1.60. The van der Waals surface area contributed by atoms with Crippen LogP contribution in [0.15, 0.2) is 47.4 Å². The summed E-state index contributed by atoms with van der Waals surface area (Å²) in [4.78, 5) is 12.4. The summed E-state index contributed by atoms with van der Waals surface area (Å²) in [6.45, 7) is 5.26. The van der Waals surface area contributed by atoms with E-state index >= 15 is 0 Å². The van der Waals surface area contributed by atoms with Gasteiger partial charge in [0, 0.05) is 16.1 Å². The van der Waals surface area contributed by atoms with Gasteiger partial charge in [0.1, 0.15) is 0 Å². The van der Waals surface area contributed by atoms with Crippen LogP contribution in [0.5, 0.6) is 0 Å². The van der Waals surface area contributed by atoms with Crippen molar-refractivity contribution in [2.75, 3.05) is 5.32 Å². The molecule has 0 saturated heterocycles. The van der Waals surface area contributed by atoms with E-state index in [1.54, 1.807) is 32.9 Å². The van der Waals surface area contributed by atoms with E-state index in [-0.39, 0.29) is 4.90 Å². The highest BCUT2D eigenvalue weighted by atomic mass is 35.5. The Morgan fingerprint density at radius 1 is 1.00 bits per heavy atom. The molecule has 1 amide bonds. The van der Waals surface area contributed by atoms with Gasteiger partial charge in [-0.05, 0) is 63.2 Å². The Balaban J connectivity index is 2.18. The largest absolute Gasteiger partial charge is 0.321 e. The molecule has 0 aliphatic carbocycles. The number of carbonyl (C=O) groups excluding carboxylic acids is 1. The number of halogens is 2. The molecule has 2 N–H and O–H groups in total. The van der Waals surface area contributed by atoms with E-state index in [1.807, 2.05) is 0 Å². The molecule has 0 aromatic heterocycles. The van der Waals surface area contributed by atoms with Crippen molar-refractivity contribution in [2.45, 2.75) is 31.2 Å². The van der Waals surface area contributed by atoms with Gasteiger partial charge >= 0.3 is 0 Å². The molecule has 0 spiro atoms. The van der Waals surface area contributed by atoms with Crippen LogP contribution in [-0.4, -0.2) is 19.9 Å². The van der Waals surface area contributed by atoms with Crippen molar-refractivity contribution in [3.05, 3.63) is 58.1 Å². The molecule has 25 heavy (non-hydrogen) atoms. The van der Waals surface area contributed by atoms with Gasteiger partial charge < -0.3 is 5.32 Å². The van der Waals surface area contributed by atoms with Crippen molar-refractivity contribution in [3.8, 4) is 0 Å². The predicted octanol–water partition coefficient (Wildman–Crippen LogP) is 4.32. The molecule has 2 rings (SSSR count). The molecule has 0 bridgehead atoms. The molecule has 8 heteroatoms. The smallest absolute Gasteiger partial charge is 0.255 e. The molecule has 0 unspecified atom stereocenters.